The molecule has 1 fully saturated rings. The van der Waals surface area contributed by atoms with Gasteiger partial charge in [-0.15, -0.1) is 0 Å². The summed E-state index contributed by atoms with van der Waals surface area (Å²) < 4.78 is 51.2. The van der Waals surface area contributed by atoms with Gasteiger partial charge in [-0.3, -0.25) is 4.79 Å². The molecule has 0 aromatic heterocycles. The number of imide groups is 1. The number of nitriles is 1. The summed E-state index contributed by atoms with van der Waals surface area (Å²) in [4.78, 5) is 40.3. The van der Waals surface area contributed by atoms with Crippen LogP contribution in [0.2, 0.25) is 0 Å². The van der Waals surface area contributed by atoms with E-state index in [1.54, 1.807) is 36.4 Å². The van der Waals surface area contributed by atoms with Crippen molar-refractivity contribution in [1.29, 1.82) is 5.26 Å². The fourth-order valence-corrected chi connectivity index (χ4v) is 4.14. The van der Waals surface area contributed by atoms with E-state index in [0.717, 1.165) is 12.1 Å². The molecule has 11 heteroatoms. The Labute approximate surface area is 221 Å². The Morgan fingerprint density at radius 3 is 2.31 bits per heavy atom. The van der Waals surface area contributed by atoms with Gasteiger partial charge in [-0.2, -0.15) is 18.4 Å². The van der Waals surface area contributed by atoms with Gasteiger partial charge in [0.05, 0.1) is 42.1 Å². The van der Waals surface area contributed by atoms with Gasteiger partial charge < -0.3 is 14.4 Å². The second-order valence-electron chi connectivity index (χ2n) is 9.13. The zero-order valence-electron chi connectivity index (χ0n) is 21.1. The molecule has 0 atom stereocenters. The van der Waals surface area contributed by atoms with Gasteiger partial charge in [-0.25, -0.2) is 14.5 Å². The third kappa shape index (κ3) is 5.13. The highest BCUT2D eigenvalue weighted by atomic mass is 19.4. The third-order valence-electron chi connectivity index (χ3n) is 6.31. The van der Waals surface area contributed by atoms with E-state index < -0.39 is 40.7 Å². The largest absolute Gasteiger partial charge is 0.465 e. The van der Waals surface area contributed by atoms with Gasteiger partial charge in [0.2, 0.25) is 0 Å². The molecule has 3 aromatic carbocycles. The van der Waals surface area contributed by atoms with Gasteiger partial charge in [0.1, 0.15) is 17.0 Å². The highest BCUT2D eigenvalue weighted by molar-refractivity contribution is 6.23. The molecule has 200 valence electrons. The van der Waals surface area contributed by atoms with Crippen LogP contribution < -0.4 is 9.64 Å². The predicted molar refractivity (Wildman–Crippen MR) is 133 cm³/mol. The molecular weight excluding hydrogens is 515 g/mol. The first kappa shape index (κ1) is 27.2. The molecular formula is C28H22F3N3O5. The standard InChI is InChI=1S/C28H22F3N3O5/c1-27(2)25(36)34(20-11-8-18(15-32)22(14-20)28(29,30)31)26(37)33(27)16-19-6-4-5-7-23(19)39-21-12-9-17(10-13-21)24(35)38-3/h4-14H,16H2,1-3H3. The van der Waals surface area contributed by atoms with E-state index >= 15 is 0 Å². The quantitative estimate of drug-likeness (QED) is 0.287. The van der Waals surface area contributed by atoms with E-state index in [9.17, 15) is 27.6 Å². The molecule has 0 N–H and O–H groups in total. The summed E-state index contributed by atoms with van der Waals surface area (Å²) in [6.45, 7) is 2.90. The van der Waals surface area contributed by atoms with Crippen molar-refractivity contribution >= 4 is 23.6 Å². The maximum Gasteiger partial charge on any atom is 0.417 e. The molecule has 1 saturated heterocycles. The Bertz CT molecular complexity index is 1490. The fraction of sp³-hybridized carbons (Fsp3) is 0.214. The summed E-state index contributed by atoms with van der Waals surface area (Å²) in [5.41, 5.74) is -2.69. The van der Waals surface area contributed by atoms with Crippen LogP contribution in [-0.4, -0.2) is 35.5 Å². The zero-order chi connectivity index (χ0) is 28.5. The number of nitrogens with zero attached hydrogens (tertiary/aromatic N) is 3. The number of methoxy groups -OCH3 is 1. The van der Waals surface area contributed by atoms with Crippen molar-refractivity contribution in [2.45, 2.75) is 32.1 Å². The number of rotatable bonds is 6. The first-order valence-electron chi connectivity index (χ1n) is 11.6. The minimum absolute atomic E-state index is 0.0904. The molecule has 3 aromatic rings. The number of para-hydroxylation sites is 1. The van der Waals surface area contributed by atoms with Gasteiger partial charge >= 0.3 is 18.2 Å². The molecule has 39 heavy (non-hydrogen) atoms. The molecule has 0 spiro atoms. The number of esters is 1. The molecule has 8 nitrogen and oxygen atoms in total. The molecule has 3 amide bonds. The number of alkyl halides is 3. The Balaban J connectivity index is 1.64. The van der Waals surface area contributed by atoms with Gasteiger partial charge in [0, 0.05) is 5.56 Å². The zero-order valence-corrected chi connectivity index (χ0v) is 21.1. The third-order valence-corrected chi connectivity index (χ3v) is 6.31. The Hall–Kier alpha value is -4.85. The van der Waals surface area contributed by atoms with Crippen molar-refractivity contribution in [3.8, 4) is 17.6 Å². The number of carbonyl (C=O) groups excluding carboxylic acids is 3. The molecule has 4 rings (SSSR count). The summed E-state index contributed by atoms with van der Waals surface area (Å²) in [6.07, 6.45) is -4.85. The number of ether oxygens (including phenoxy) is 2. The summed E-state index contributed by atoms with van der Waals surface area (Å²) in [6, 6.07) is 16.3. The normalized spacial score (nSPS) is 14.8. The molecule has 1 aliphatic heterocycles. The van der Waals surface area contributed by atoms with Crippen molar-refractivity contribution in [2.24, 2.45) is 0 Å². The van der Waals surface area contributed by atoms with Crippen LogP contribution in [0.1, 0.15) is 40.9 Å². The topological polar surface area (TPSA) is 99.9 Å². The van der Waals surface area contributed by atoms with Crippen LogP contribution in [0.25, 0.3) is 0 Å². The average molecular weight is 537 g/mol. The van der Waals surface area contributed by atoms with Crippen LogP contribution in [0.15, 0.2) is 66.7 Å². The van der Waals surface area contributed by atoms with Crippen LogP contribution in [0.4, 0.5) is 23.7 Å². The number of anilines is 1. The number of benzene rings is 3. The van der Waals surface area contributed by atoms with E-state index in [1.165, 1.54) is 44.1 Å². The van der Waals surface area contributed by atoms with E-state index in [1.807, 2.05) is 0 Å². The number of hydrogen-bond donors (Lipinski definition) is 0. The lowest BCUT2D eigenvalue weighted by atomic mass is 10.0. The molecule has 0 saturated carbocycles. The molecule has 0 bridgehead atoms. The number of urea groups is 1. The van der Waals surface area contributed by atoms with Gasteiger partial charge in [-0.1, -0.05) is 18.2 Å². The Kier molecular flexibility index (Phi) is 7.07. The highest BCUT2D eigenvalue weighted by Gasteiger charge is 2.52. The average Bonchev–Trinajstić information content (AvgIpc) is 3.07. The van der Waals surface area contributed by atoms with E-state index in [-0.39, 0.29) is 12.2 Å². The first-order valence-corrected chi connectivity index (χ1v) is 11.6. The molecule has 0 unspecified atom stereocenters. The van der Waals surface area contributed by atoms with Crippen LogP contribution in [-0.2, 0) is 22.3 Å². The first-order chi connectivity index (χ1) is 18.4. The summed E-state index contributed by atoms with van der Waals surface area (Å²) in [7, 11) is 1.27. The number of carbonyl (C=O) groups is 3. The van der Waals surface area contributed by atoms with Crippen molar-refractivity contribution in [3.05, 3.63) is 89.0 Å². The lowest BCUT2D eigenvalue weighted by Crippen LogP contribution is -2.43. The molecule has 1 heterocycles. The monoisotopic (exact) mass is 537 g/mol. The Morgan fingerprint density at radius 1 is 1.03 bits per heavy atom. The van der Waals surface area contributed by atoms with Crippen molar-refractivity contribution in [2.75, 3.05) is 12.0 Å². The van der Waals surface area contributed by atoms with Crippen molar-refractivity contribution in [3.63, 3.8) is 0 Å². The van der Waals surface area contributed by atoms with Gasteiger partial charge in [-0.05, 0) is 62.4 Å². The summed E-state index contributed by atoms with van der Waals surface area (Å²) in [5, 5.41) is 9.07. The lowest BCUT2D eigenvalue weighted by molar-refractivity contribution is -0.137. The van der Waals surface area contributed by atoms with Gasteiger partial charge in [0.25, 0.3) is 5.91 Å². The highest BCUT2D eigenvalue weighted by Crippen LogP contribution is 2.39. The van der Waals surface area contributed by atoms with E-state index in [4.69, 9.17) is 10.00 Å². The Morgan fingerprint density at radius 2 is 1.69 bits per heavy atom. The van der Waals surface area contributed by atoms with Crippen LogP contribution in [0, 0.1) is 11.3 Å². The lowest BCUT2D eigenvalue weighted by Gasteiger charge is -2.28. The van der Waals surface area contributed by atoms with Crippen LogP contribution in [0.3, 0.4) is 0 Å². The smallest absolute Gasteiger partial charge is 0.417 e. The van der Waals surface area contributed by atoms with Crippen molar-refractivity contribution in [1.82, 2.24) is 4.90 Å². The predicted octanol–water partition coefficient (Wildman–Crippen LogP) is 5.90. The molecule has 0 radical (unpaired) electrons. The van der Waals surface area contributed by atoms with Crippen LogP contribution >= 0.6 is 0 Å². The van der Waals surface area contributed by atoms with E-state index in [0.29, 0.717) is 33.6 Å². The summed E-state index contributed by atoms with van der Waals surface area (Å²) >= 11 is 0. The molecule has 1 aliphatic rings. The van der Waals surface area contributed by atoms with Crippen LogP contribution in [0.5, 0.6) is 11.5 Å². The SMILES string of the molecule is COC(=O)c1ccc(Oc2ccccc2CN2C(=O)N(c3ccc(C#N)c(C(F)(F)F)c3)C(=O)C2(C)C)cc1. The van der Waals surface area contributed by atoms with E-state index in [2.05, 4.69) is 4.74 Å². The fourth-order valence-electron chi connectivity index (χ4n) is 4.14. The van der Waals surface area contributed by atoms with Crippen molar-refractivity contribution < 1.29 is 37.0 Å². The molecule has 0 aliphatic carbocycles. The minimum Gasteiger partial charge on any atom is -0.465 e. The minimum atomic E-state index is -4.85. The maximum atomic E-state index is 13.5. The maximum absolute atomic E-state index is 13.5. The number of halogens is 3. The summed E-state index contributed by atoms with van der Waals surface area (Å²) in [5.74, 6) is -0.453. The van der Waals surface area contributed by atoms with Gasteiger partial charge in [0.15, 0.2) is 0 Å². The number of hydrogen-bond acceptors (Lipinski definition) is 6. The second-order valence-corrected chi connectivity index (χ2v) is 9.13. The second kappa shape index (κ2) is 10.1. The number of amides is 3.